The van der Waals surface area contributed by atoms with E-state index in [4.69, 9.17) is 14.0 Å². The summed E-state index contributed by atoms with van der Waals surface area (Å²) in [7, 11) is 1.60. The predicted molar refractivity (Wildman–Crippen MR) is 100 cm³/mol. The molecule has 0 amide bonds. The lowest BCUT2D eigenvalue weighted by atomic mass is 10.1. The summed E-state index contributed by atoms with van der Waals surface area (Å²) in [5.74, 6) is 0.951. The number of carbonyl (C=O) groups excluding carboxylic acids is 1. The lowest BCUT2D eigenvalue weighted by molar-refractivity contribution is -0.129. The maximum Gasteiger partial charge on any atom is 0.363 e. The van der Waals surface area contributed by atoms with E-state index in [0.29, 0.717) is 17.0 Å². The first-order valence-corrected chi connectivity index (χ1v) is 8.34. The van der Waals surface area contributed by atoms with Crippen molar-refractivity contribution in [3.63, 3.8) is 0 Å². The Bertz CT molecular complexity index is 1050. The van der Waals surface area contributed by atoms with Crippen LogP contribution in [-0.2, 0) is 9.53 Å². The Labute approximate surface area is 155 Å². The molecule has 1 aliphatic rings. The van der Waals surface area contributed by atoms with Gasteiger partial charge in [0.1, 0.15) is 22.8 Å². The Hall–Kier alpha value is -3.67. The van der Waals surface area contributed by atoms with Crippen molar-refractivity contribution in [1.82, 2.24) is 5.16 Å². The molecule has 2 aromatic carbocycles. The normalized spacial score (nSPS) is 15.0. The van der Waals surface area contributed by atoms with Crippen molar-refractivity contribution >= 4 is 17.9 Å². The molecule has 4 rings (SSSR count). The van der Waals surface area contributed by atoms with Gasteiger partial charge in [-0.1, -0.05) is 47.6 Å². The fourth-order valence-electron chi connectivity index (χ4n) is 2.79. The Kier molecular flexibility index (Phi) is 4.30. The summed E-state index contributed by atoms with van der Waals surface area (Å²) in [5, 5.41) is 4.10. The average molecular weight is 360 g/mol. The van der Waals surface area contributed by atoms with Crippen LogP contribution in [0.15, 0.2) is 69.8 Å². The van der Waals surface area contributed by atoms with Crippen molar-refractivity contribution in [1.29, 1.82) is 0 Å². The van der Waals surface area contributed by atoms with E-state index in [1.54, 1.807) is 20.1 Å². The molecular weight excluding hydrogens is 344 g/mol. The van der Waals surface area contributed by atoms with Crippen molar-refractivity contribution in [2.45, 2.75) is 6.92 Å². The predicted octanol–water partition coefficient (Wildman–Crippen LogP) is 4.00. The second-order valence-corrected chi connectivity index (χ2v) is 5.94. The van der Waals surface area contributed by atoms with Gasteiger partial charge in [-0.05, 0) is 30.7 Å². The number of methoxy groups -OCH3 is 1. The number of aromatic nitrogens is 1. The highest BCUT2D eigenvalue weighted by Gasteiger charge is 2.30. The summed E-state index contributed by atoms with van der Waals surface area (Å²) in [6.45, 7) is 1.76. The van der Waals surface area contributed by atoms with Gasteiger partial charge in [0.25, 0.3) is 0 Å². The summed E-state index contributed by atoms with van der Waals surface area (Å²) >= 11 is 0. The maximum atomic E-state index is 12.3. The fraction of sp³-hybridized carbons (Fsp3) is 0.0952. The topological polar surface area (TPSA) is 73.9 Å². The van der Waals surface area contributed by atoms with Crippen molar-refractivity contribution in [2.75, 3.05) is 7.11 Å². The molecule has 0 saturated heterocycles. The average Bonchev–Trinajstić information content (AvgIpc) is 3.25. The third kappa shape index (κ3) is 3.25. The smallest absolute Gasteiger partial charge is 0.363 e. The Balaban J connectivity index is 1.71. The molecule has 6 heteroatoms. The van der Waals surface area contributed by atoms with Gasteiger partial charge in [0.2, 0.25) is 5.90 Å². The first-order valence-electron chi connectivity index (χ1n) is 8.34. The summed E-state index contributed by atoms with van der Waals surface area (Å²) in [6.07, 6.45) is 1.67. The SMILES string of the molecule is COc1ccc(/C=C2/N=C(c3c(-c4ccccc4)noc3C)OC2=O)cc1. The molecule has 1 aliphatic heterocycles. The summed E-state index contributed by atoms with van der Waals surface area (Å²) in [5.41, 5.74) is 3.06. The van der Waals surface area contributed by atoms with Crippen molar-refractivity contribution < 1.29 is 18.8 Å². The quantitative estimate of drug-likeness (QED) is 0.519. The first kappa shape index (κ1) is 16.8. The van der Waals surface area contributed by atoms with Gasteiger partial charge in [-0.3, -0.25) is 0 Å². The molecule has 6 nitrogen and oxygen atoms in total. The number of aryl methyl sites for hydroxylation is 1. The zero-order valence-electron chi connectivity index (χ0n) is 14.8. The number of hydrogen-bond acceptors (Lipinski definition) is 6. The van der Waals surface area contributed by atoms with Crippen LogP contribution in [0, 0.1) is 6.92 Å². The van der Waals surface area contributed by atoms with Crippen LogP contribution in [0.5, 0.6) is 5.75 Å². The highest BCUT2D eigenvalue weighted by molar-refractivity contribution is 6.15. The van der Waals surface area contributed by atoms with Gasteiger partial charge in [0.15, 0.2) is 5.70 Å². The highest BCUT2D eigenvalue weighted by Crippen LogP contribution is 2.29. The molecule has 2 heterocycles. The molecule has 27 heavy (non-hydrogen) atoms. The number of carbonyl (C=O) groups is 1. The number of rotatable bonds is 4. The summed E-state index contributed by atoms with van der Waals surface area (Å²) < 4.78 is 15.9. The van der Waals surface area contributed by atoms with Gasteiger partial charge in [-0.25, -0.2) is 9.79 Å². The van der Waals surface area contributed by atoms with Gasteiger partial charge >= 0.3 is 5.97 Å². The molecule has 0 fully saturated rings. The number of benzene rings is 2. The lowest BCUT2D eigenvalue weighted by Gasteiger charge is -2.01. The molecule has 0 bridgehead atoms. The molecule has 0 aliphatic carbocycles. The van der Waals surface area contributed by atoms with E-state index in [1.807, 2.05) is 54.6 Å². The van der Waals surface area contributed by atoms with Crippen LogP contribution in [0.1, 0.15) is 16.9 Å². The molecule has 0 unspecified atom stereocenters. The van der Waals surface area contributed by atoms with E-state index >= 15 is 0 Å². The Morgan fingerprint density at radius 2 is 1.78 bits per heavy atom. The van der Waals surface area contributed by atoms with E-state index in [2.05, 4.69) is 10.1 Å². The number of aliphatic imine (C=N–C) groups is 1. The number of cyclic esters (lactones) is 1. The standard InChI is InChI=1S/C21H16N2O4/c1-13-18(19(23-27-13)15-6-4-3-5-7-15)20-22-17(21(24)26-20)12-14-8-10-16(25-2)11-9-14/h3-12H,1-2H3/b17-12+. The highest BCUT2D eigenvalue weighted by atomic mass is 16.6. The third-order valence-electron chi connectivity index (χ3n) is 4.16. The number of ether oxygens (including phenoxy) is 2. The van der Waals surface area contributed by atoms with Crippen molar-refractivity contribution in [3.05, 3.63) is 77.2 Å². The lowest BCUT2D eigenvalue weighted by Crippen LogP contribution is -2.07. The third-order valence-corrected chi connectivity index (χ3v) is 4.16. The molecule has 0 spiro atoms. The summed E-state index contributed by atoms with van der Waals surface area (Å²) in [6, 6.07) is 16.8. The Morgan fingerprint density at radius 3 is 2.48 bits per heavy atom. The largest absolute Gasteiger partial charge is 0.497 e. The van der Waals surface area contributed by atoms with Crippen LogP contribution in [0.4, 0.5) is 0 Å². The van der Waals surface area contributed by atoms with Crippen LogP contribution < -0.4 is 4.74 Å². The minimum atomic E-state index is -0.513. The molecule has 134 valence electrons. The van der Waals surface area contributed by atoms with Gasteiger partial charge in [0, 0.05) is 5.56 Å². The molecule has 3 aromatic rings. The molecule has 0 saturated carbocycles. The van der Waals surface area contributed by atoms with Crippen LogP contribution >= 0.6 is 0 Å². The zero-order valence-corrected chi connectivity index (χ0v) is 14.8. The minimum Gasteiger partial charge on any atom is -0.497 e. The van der Waals surface area contributed by atoms with Gasteiger partial charge < -0.3 is 14.0 Å². The Morgan fingerprint density at radius 1 is 1.04 bits per heavy atom. The summed E-state index contributed by atoms with van der Waals surface area (Å²) in [4.78, 5) is 16.7. The molecular formula is C21H16N2O4. The molecule has 0 N–H and O–H groups in total. The molecule has 0 radical (unpaired) electrons. The van der Waals surface area contributed by atoms with Crippen LogP contribution in [0.2, 0.25) is 0 Å². The fourth-order valence-corrected chi connectivity index (χ4v) is 2.79. The van der Waals surface area contributed by atoms with Gasteiger partial charge in [-0.2, -0.15) is 0 Å². The second-order valence-electron chi connectivity index (χ2n) is 5.94. The first-order chi connectivity index (χ1) is 13.2. The number of hydrogen-bond donors (Lipinski definition) is 0. The zero-order chi connectivity index (χ0) is 18.8. The molecule has 1 aromatic heterocycles. The van der Waals surface area contributed by atoms with E-state index in [1.165, 1.54) is 0 Å². The van der Waals surface area contributed by atoms with E-state index in [0.717, 1.165) is 16.9 Å². The molecule has 0 atom stereocenters. The maximum absolute atomic E-state index is 12.3. The van der Waals surface area contributed by atoms with Crippen molar-refractivity contribution in [2.24, 2.45) is 4.99 Å². The van der Waals surface area contributed by atoms with Crippen molar-refractivity contribution in [3.8, 4) is 17.0 Å². The van der Waals surface area contributed by atoms with Crippen LogP contribution in [0.3, 0.4) is 0 Å². The second kappa shape index (κ2) is 6.92. The van der Waals surface area contributed by atoms with Gasteiger partial charge in [0.05, 0.1) is 7.11 Å². The van der Waals surface area contributed by atoms with E-state index in [9.17, 15) is 4.79 Å². The van der Waals surface area contributed by atoms with E-state index in [-0.39, 0.29) is 11.6 Å². The van der Waals surface area contributed by atoms with Crippen LogP contribution in [0.25, 0.3) is 17.3 Å². The van der Waals surface area contributed by atoms with E-state index < -0.39 is 5.97 Å². The minimum absolute atomic E-state index is 0.192. The van der Waals surface area contributed by atoms with Gasteiger partial charge in [-0.15, -0.1) is 0 Å². The number of nitrogens with zero attached hydrogens (tertiary/aromatic N) is 2. The monoisotopic (exact) mass is 360 g/mol. The number of esters is 1. The van der Waals surface area contributed by atoms with Crippen LogP contribution in [-0.4, -0.2) is 24.1 Å².